The second-order valence-corrected chi connectivity index (χ2v) is 5.14. The van der Waals surface area contributed by atoms with Gasteiger partial charge >= 0.3 is 0 Å². The Balaban J connectivity index is 1.72. The predicted molar refractivity (Wildman–Crippen MR) is 68.0 cm³/mol. The number of fused-ring (bicyclic) bond motifs is 1. The zero-order valence-corrected chi connectivity index (χ0v) is 9.75. The molecule has 1 aromatic carbocycles. The molecule has 1 amide bonds. The summed E-state index contributed by atoms with van der Waals surface area (Å²) in [6.45, 7) is 0.831. The summed E-state index contributed by atoms with van der Waals surface area (Å²) in [5.74, 6) is 0.108. The Kier molecular flexibility index (Phi) is 2.33. The largest absolute Gasteiger partial charge is 0.383 e. The van der Waals surface area contributed by atoms with E-state index in [0.717, 1.165) is 37.2 Å². The molecule has 1 saturated carbocycles. The molecule has 1 heterocycles. The molecule has 0 bridgehead atoms. The minimum atomic E-state index is 0.0180. The van der Waals surface area contributed by atoms with E-state index in [1.54, 1.807) is 0 Å². The molecule has 3 rings (SSSR count). The third kappa shape index (κ3) is 2.26. The Morgan fingerprint density at radius 2 is 2.18 bits per heavy atom. The van der Waals surface area contributed by atoms with Crippen molar-refractivity contribution in [1.29, 1.82) is 0 Å². The Bertz CT molecular complexity index is 466. The molecule has 4 N–H and O–H groups in total. The van der Waals surface area contributed by atoms with Gasteiger partial charge in [0.2, 0.25) is 5.91 Å². The normalized spacial score (nSPS) is 20.4. The van der Waals surface area contributed by atoms with Crippen LogP contribution in [0.3, 0.4) is 0 Å². The van der Waals surface area contributed by atoms with Crippen LogP contribution >= 0.6 is 0 Å². The number of anilines is 2. The molecule has 0 radical (unpaired) electrons. The summed E-state index contributed by atoms with van der Waals surface area (Å²) in [5, 5.41) is 6.25. The van der Waals surface area contributed by atoms with E-state index >= 15 is 0 Å². The summed E-state index contributed by atoms with van der Waals surface area (Å²) in [4.78, 5) is 11.2. The van der Waals surface area contributed by atoms with Crippen LogP contribution in [0.1, 0.15) is 24.8 Å². The maximum Gasteiger partial charge on any atom is 0.224 e. The van der Waals surface area contributed by atoms with Crippen molar-refractivity contribution >= 4 is 17.3 Å². The lowest BCUT2D eigenvalue weighted by Gasteiger charge is -2.19. The van der Waals surface area contributed by atoms with Crippen LogP contribution in [0.5, 0.6) is 0 Å². The number of aryl methyl sites for hydroxylation is 1. The van der Waals surface area contributed by atoms with Gasteiger partial charge in [-0.05, 0) is 43.0 Å². The van der Waals surface area contributed by atoms with Crippen LogP contribution in [-0.2, 0) is 11.2 Å². The first kappa shape index (κ1) is 10.6. The lowest BCUT2D eigenvalue weighted by Crippen LogP contribution is -2.31. The van der Waals surface area contributed by atoms with E-state index in [1.807, 2.05) is 12.1 Å². The standard InChI is InChI=1S/C13H17N3O/c14-13(5-6-13)8-15-10-2-3-11-9(7-10)1-4-12(17)16-11/h2-3,7,15H,1,4-6,8,14H2,(H,16,17). The van der Waals surface area contributed by atoms with Crippen molar-refractivity contribution in [3.05, 3.63) is 23.8 Å². The summed E-state index contributed by atoms with van der Waals surface area (Å²) in [6, 6.07) is 6.07. The summed E-state index contributed by atoms with van der Waals surface area (Å²) in [6.07, 6.45) is 3.63. The van der Waals surface area contributed by atoms with E-state index in [9.17, 15) is 4.79 Å². The monoisotopic (exact) mass is 231 g/mol. The van der Waals surface area contributed by atoms with Crippen molar-refractivity contribution in [2.45, 2.75) is 31.2 Å². The maximum absolute atomic E-state index is 11.2. The molecule has 2 aliphatic rings. The van der Waals surface area contributed by atoms with E-state index in [0.29, 0.717) is 6.42 Å². The molecule has 0 unspecified atom stereocenters. The first-order valence-electron chi connectivity index (χ1n) is 6.10. The number of hydrogen-bond donors (Lipinski definition) is 3. The quantitative estimate of drug-likeness (QED) is 0.738. The zero-order valence-electron chi connectivity index (χ0n) is 9.75. The van der Waals surface area contributed by atoms with Crippen LogP contribution in [0.4, 0.5) is 11.4 Å². The fourth-order valence-corrected chi connectivity index (χ4v) is 2.11. The fraction of sp³-hybridized carbons (Fsp3) is 0.462. The SMILES string of the molecule is NC1(CNc2ccc3c(c2)CCC(=O)N3)CC1. The Morgan fingerprint density at radius 1 is 1.35 bits per heavy atom. The van der Waals surface area contributed by atoms with Gasteiger partial charge in [-0.1, -0.05) is 0 Å². The van der Waals surface area contributed by atoms with Crippen molar-refractivity contribution < 1.29 is 4.79 Å². The Hall–Kier alpha value is -1.55. The highest BCUT2D eigenvalue weighted by Crippen LogP contribution is 2.32. The van der Waals surface area contributed by atoms with Crippen molar-refractivity contribution in [2.75, 3.05) is 17.2 Å². The van der Waals surface area contributed by atoms with E-state index < -0.39 is 0 Å². The van der Waals surface area contributed by atoms with E-state index in [4.69, 9.17) is 5.73 Å². The van der Waals surface area contributed by atoms with Gasteiger partial charge in [-0.2, -0.15) is 0 Å². The molecule has 4 nitrogen and oxygen atoms in total. The second-order valence-electron chi connectivity index (χ2n) is 5.14. The van der Waals surface area contributed by atoms with E-state index in [2.05, 4.69) is 16.7 Å². The van der Waals surface area contributed by atoms with Crippen molar-refractivity contribution in [3.63, 3.8) is 0 Å². The molecule has 4 heteroatoms. The highest BCUT2D eigenvalue weighted by molar-refractivity contribution is 5.94. The van der Waals surface area contributed by atoms with Crippen molar-refractivity contribution in [1.82, 2.24) is 0 Å². The molecule has 90 valence electrons. The molecular formula is C13H17N3O. The number of nitrogens with one attached hydrogen (secondary N) is 2. The van der Waals surface area contributed by atoms with Gasteiger partial charge in [0.1, 0.15) is 0 Å². The Morgan fingerprint density at radius 3 is 2.94 bits per heavy atom. The lowest BCUT2D eigenvalue weighted by molar-refractivity contribution is -0.116. The predicted octanol–water partition coefficient (Wildman–Crippen LogP) is 1.47. The third-order valence-electron chi connectivity index (χ3n) is 3.54. The van der Waals surface area contributed by atoms with Gasteiger partial charge < -0.3 is 16.4 Å². The van der Waals surface area contributed by atoms with Crippen LogP contribution in [0, 0.1) is 0 Å². The highest BCUT2D eigenvalue weighted by Gasteiger charge is 2.37. The van der Waals surface area contributed by atoms with Gasteiger partial charge in [0, 0.05) is 29.9 Å². The van der Waals surface area contributed by atoms with Crippen LogP contribution in [-0.4, -0.2) is 18.0 Å². The molecule has 1 aliphatic heterocycles. The number of rotatable bonds is 3. The fourth-order valence-electron chi connectivity index (χ4n) is 2.11. The van der Waals surface area contributed by atoms with Gasteiger partial charge in [-0.3, -0.25) is 4.79 Å². The van der Waals surface area contributed by atoms with Crippen molar-refractivity contribution in [3.8, 4) is 0 Å². The molecule has 17 heavy (non-hydrogen) atoms. The molecular weight excluding hydrogens is 214 g/mol. The van der Waals surface area contributed by atoms with Gasteiger partial charge in [0.25, 0.3) is 0 Å². The number of carbonyl (C=O) groups is 1. The molecule has 0 spiro atoms. The maximum atomic E-state index is 11.2. The van der Waals surface area contributed by atoms with Gasteiger partial charge in [-0.25, -0.2) is 0 Å². The molecule has 1 fully saturated rings. The van der Waals surface area contributed by atoms with Crippen LogP contribution in [0.2, 0.25) is 0 Å². The van der Waals surface area contributed by atoms with Crippen LogP contribution < -0.4 is 16.4 Å². The summed E-state index contributed by atoms with van der Waals surface area (Å²) in [5.41, 5.74) is 9.29. The Labute approximate surface area is 101 Å². The highest BCUT2D eigenvalue weighted by atomic mass is 16.1. The lowest BCUT2D eigenvalue weighted by atomic mass is 10.0. The number of benzene rings is 1. The first-order valence-corrected chi connectivity index (χ1v) is 6.10. The van der Waals surface area contributed by atoms with Crippen LogP contribution in [0.25, 0.3) is 0 Å². The zero-order chi connectivity index (χ0) is 11.9. The summed E-state index contributed by atoms with van der Waals surface area (Å²) in [7, 11) is 0. The van der Waals surface area contributed by atoms with Gasteiger partial charge in [-0.15, -0.1) is 0 Å². The average molecular weight is 231 g/mol. The van der Waals surface area contributed by atoms with Gasteiger partial charge in [0.15, 0.2) is 0 Å². The number of nitrogens with two attached hydrogens (primary N) is 1. The number of carbonyl (C=O) groups excluding carboxylic acids is 1. The van der Waals surface area contributed by atoms with Crippen LogP contribution in [0.15, 0.2) is 18.2 Å². The molecule has 1 aromatic rings. The van der Waals surface area contributed by atoms with Gasteiger partial charge in [0.05, 0.1) is 0 Å². The third-order valence-corrected chi connectivity index (χ3v) is 3.54. The molecule has 0 saturated heterocycles. The number of amides is 1. The summed E-state index contributed by atoms with van der Waals surface area (Å²) >= 11 is 0. The number of hydrogen-bond acceptors (Lipinski definition) is 3. The first-order chi connectivity index (χ1) is 8.15. The van der Waals surface area contributed by atoms with Crippen molar-refractivity contribution in [2.24, 2.45) is 5.73 Å². The van der Waals surface area contributed by atoms with E-state index in [1.165, 1.54) is 5.56 Å². The second kappa shape index (κ2) is 3.74. The molecule has 0 aromatic heterocycles. The smallest absolute Gasteiger partial charge is 0.224 e. The average Bonchev–Trinajstić information content (AvgIpc) is 3.05. The molecule has 0 atom stereocenters. The molecule has 1 aliphatic carbocycles. The summed E-state index contributed by atoms with van der Waals surface area (Å²) < 4.78 is 0. The minimum Gasteiger partial charge on any atom is -0.383 e. The topological polar surface area (TPSA) is 67.1 Å². The van der Waals surface area contributed by atoms with E-state index in [-0.39, 0.29) is 11.4 Å². The minimum absolute atomic E-state index is 0.0180.